The second-order valence-corrected chi connectivity index (χ2v) is 10.6. The predicted octanol–water partition coefficient (Wildman–Crippen LogP) is 4.33. The summed E-state index contributed by atoms with van der Waals surface area (Å²) in [6.07, 6.45) is 1.22. The van der Waals surface area contributed by atoms with Crippen LogP contribution in [0.4, 0.5) is 0 Å². The third-order valence-corrected chi connectivity index (χ3v) is 7.69. The quantitative estimate of drug-likeness (QED) is 0.244. The fourth-order valence-electron chi connectivity index (χ4n) is 5.58. The number of benzene rings is 2. The van der Waals surface area contributed by atoms with Crippen LogP contribution >= 0.6 is 0 Å². The molecule has 0 saturated carbocycles. The lowest BCUT2D eigenvalue weighted by Crippen LogP contribution is -2.41. The number of hydrogen-bond acceptors (Lipinski definition) is 8. The van der Waals surface area contributed by atoms with E-state index in [2.05, 4.69) is 23.7 Å². The van der Waals surface area contributed by atoms with Gasteiger partial charge in [0.05, 0.1) is 22.2 Å². The van der Waals surface area contributed by atoms with Crippen molar-refractivity contribution in [3.63, 3.8) is 0 Å². The molecule has 9 heteroatoms. The van der Waals surface area contributed by atoms with Crippen LogP contribution in [0.15, 0.2) is 47.4 Å². The Morgan fingerprint density at radius 3 is 2.51 bits per heavy atom. The predicted molar refractivity (Wildman–Crippen MR) is 145 cm³/mol. The highest BCUT2D eigenvalue weighted by Gasteiger charge is 2.56. The van der Waals surface area contributed by atoms with E-state index in [1.54, 1.807) is 13.8 Å². The van der Waals surface area contributed by atoms with Crippen molar-refractivity contribution in [1.29, 1.82) is 0 Å². The van der Waals surface area contributed by atoms with Crippen LogP contribution in [0.3, 0.4) is 0 Å². The van der Waals surface area contributed by atoms with Gasteiger partial charge in [-0.2, -0.15) is 0 Å². The molecule has 0 spiro atoms. The van der Waals surface area contributed by atoms with Crippen LogP contribution in [-0.2, 0) is 21.5 Å². The minimum atomic E-state index is -1.54. The third-order valence-electron chi connectivity index (χ3n) is 7.69. The van der Waals surface area contributed by atoms with Gasteiger partial charge in [-0.05, 0) is 39.8 Å². The summed E-state index contributed by atoms with van der Waals surface area (Å²) in [7, 11) is 0. The van der Waals surface area contributed by atoms with E-state index in [0.717, 1.165) is 16.9 Å². The third kappa shape index (κ3) is 3.75. The van der Waals surface area contributed by atoms with Crippen LogP contribution in [0.2, 0.25) is 0 Å². The number of carbonyl (C=O) groups is 3. The lowest BCUT2D eigenvalue weighted by molar-refractivity contribution is -0.123. The first-order chi connectivity index (χ1) is 18.4. The number of carbonyl (C=O) groups excluding carboxylic acids is 3. The van der Waals surface area contributed by atoms with Crippen molar-refractivity contribution < 1.29 is 29.3 Å². The molecule has 3 aromatic rings. The van der Waals surface area contributed by atoms with Crippen molar-refractivity contribution >= 4 is 28.4 Å². The highest BCUT2D eigenvalue weighted by atomic mass is 16.5. The van der Waals surface area contributed by atoms with Gasteiger partial charge < -0.3 is 24.8 Å². The molecule has 0 saturated heterocycles. The number of phenolic OH excluding ortho intramolecular Hbond substituents is 2. The summed E-state index contributed by atoms with van der Waals surface area (Å²) in [5.74, 6) is -1.28. The summed E-state index contributed by atoms with van der Waals surface area (Å²) in [4.78, 5) is 44.3. The van der Waals surface area contributed by atoms with Crippen molar-refractivity contribution in [3.8, 4) is 17.2 Å². The van der Waals surface area contributed by atoms with Gasteiger partial charge in [-0.3, -0.25) is 14.4 Å². The number of nitrogens with zero attached hydrogens (tertiary/aromatic N) is 2. The van der Waals surface area contributed by atoms with Crippen LogP contribution in [0, 0.1) is 6.92 Å². The number of phenols is 2. The molecule has 0 bridgehead atoms. The summed E-state index contributed by atoms with van der Waals surface area (Å²) >= 11 is 0. The van der Waals surface area contributed by atoms with Crippen LogP contribution in [-0.4, -0.2) is 43.7 Å². The SMILES string of the molecule is CC(=O)c1c(O)c(C)c(O)c2c1OC1=CC(=O)/C(=C(/C)NCCn3c(C(C)C)nc4ccccc43)C(=O)[C@]12C. The number of aromatic hydroxyl groups is 2. The summed E-state index contributed by atoms with van der Waals surface area (Å²) in [6.45, 7) is 11.1. The number of allylic oxidation sites excluding steroid dienone is 4. The highest BCUT2D eigenvalue weighted by Crippen LogP contribution is 2.57. The Morgan fingerprint density at radius 2 is 1.85 bits per heavy atom. The number of hydrogen-bond donors (Lipinski definition) is 3. The lowest BCUT2D eigenvalue weighted by Gasteiger charge is -2.29. The summed E-state index contributed by atoms with van der Waals surface area (Å²) in [5.41, 5.74) is 0.718. The number of aromatic nitrogens is 2. The highest BCUT2D eigenvalue weighted by molar-refractivity contribution is 6.31. The van der Waals surface area contributed by atoms with Gasteiger partial charge in [0.2, 0.25) is 0 Å². The normalized spacial score (nSPS) is 19.6. The molecule has 2 aliphatic rings. The van der Waals surface area contributed by atoms with Crippen molar-refractivity contribution in [2.75, 3.05) is 6.54 Å². The molecule has 202 valence electrons. The van der Waals surface area contributed by atoms with Crippen LogP contribution in [0.5, 0.6) is 17.2 Å². The first-order valence-corrected chi connectivity index (χ1v) is 12.9. The molecule has 1 aliphatic carbocycles. The molecule has 3 N–H and O–H groups in total. The van der Waals surface area contributed by atoms with Crippen molar-refractivity contribution in [1.82, 2.24) is 14.9 Å². The van der Waals surface area contributed by atoms with Gasteiger partial charge in [-0.25, -0.2) is 4.98 Å². The van der Waals surface area contributed by atoms with Crippen molar-refractivity contribution in [3.05, 3.63) is 69.9 Å². The fraction of sp³-hybridized carbons (Fsp3) is 0.333. The zero-order valence-electron chi connectivity index (χ0n) is 22.8. The van der Waals surface area contributed by atoms with Gasteiger partial charge in [-0.15, -0.1) is 0 Å². The molecule has 1 aliphatic heterocycles. The summed E-state index contributed by atoms with van der Waals surface area (Å²) in [6, 6.07) is 7.90. The number of ketones is 3. The zero-order chi connectivity index (χ0) is 28.4. The van der Waals surface area contributed by atoms with E-state index in [0.29, 0.717) is 18.8 Å². The molecule has 0 amide bonds. The molecule has 5 rings (SSSR count). The number of fused-ring (bicyclic) bond motifs is 4. The average Bonchev–Trinajstić information content (AvgIpc) is 3.39. The maximum absolute atomic E-state index is 14.0. The van der Waals surface area contributed by atoms with Crippen molar-refractivity contribution in [2.45, 2.75) is 59.4 Å². The first-order valence-electron chi connectivity index (χ1n) is 12.9. The molecule has 0 radical (unpaired) electrons. The Labute approximate surface area is 225 Å². The maximum atomic E-state index is 14.0. The van der Waals surface area contributed by atoms with Gasteiger partial charge in [0.1, 0.15) is 39.8 Å². The Kier molecular flexibility index (Phi) is 6.13. The van der Waals surface area contributed by atoms with E-state index < -0.39 is 28.5 Å². The molecular weight excluding hydrogens is 498 g/mol. The van der Waals surface area contributed by atoms with E-state index in [-0.39, 0.29) is 45.4 Å². The van der Waals surface area contributed by atoms with Gasteiger partial charge in [0.15, 0.2) is 17.3 Å². The van der Waals surface area contributed by atoms with E-state index in [1.807, 2.05) is 24.3 Å². The standard InChI is InChI=1S/C30H31N3O6/c1-14(2)29-32-18-9-7-8-10-19(18)33(29)12-11-31-16(4)22-20(35)13-21-30(6,28(22)38)24-26(37)15(3)25(36)23(17(5)34)27(24)39-21/h7-10,13-14,31,36-37H,11-12H2,1-6H3/b22-16+/t30-/m1/s1. The molecule has 2 aromatic carbocycles. The Hall–Kier alpha value is -4.40. The summed E-state index contributed by atoms with van der Waals surface area (Å²) in [5, 5.41) is 24.7. The molecule has 1 atom stereocenters. The van der Waals surface area contributed by atoms with E-state index in [9.17, 15) is 24.6 Å². The van der Waals surface area contributed by atoms with E-state index in [4.69, 9.17) is 9.72 Å². The maximum Gasteiger partial charge on any atom is 0.194 e. The van der Waals surface area contributed by atoms with E-state index in [1.165, 1.54) is 19.9 Å². The van der Waals surface area contributed by atoms with Crippen LogP contribution in [0.25, 0.3) is 11.0 Å². The summed E-state index contributed by atoms with van der Waals surface area (Å²) < 4.78 is 7.96. The van der Waals surface area contributed by atoms with Crippen LogP contribution < -0.4 is 10.1 Å². The Morgan fingerprint density at radius 1 is 1.15 bits per heavy atom. The second-order valence-electron chi connectivity index (χ2n) is 10.6. The number of imidazole rings is 1. The molecule has 0 unspecified atom stereocenters. The molecule has 9 nitrogen and oxygen atoms in total. The van der Waals surface area contributed by atoms with Gasteiger partial charge in [0, 0.05) is 36.3 Å². The smallest absolute Gasteiger partial charge is 0.194 e. The van der Waals surface area contributed by atoms with Gasteiger partial charge in [-0.1, -0.05) is 26.0 Å². The van der Waals surface area contributed by atoms with Gasteiger partial charge >= 0.3 is 0 Å². The molecule has 0 fully saturated rings. The number of nitrogens with one attached hydrogen (secondary N) is 1. The average molecular weight is 530 g/mol. The molecule has 2 heterocycles. The Bertz CT molecular complexity index is 1660. The van der Waals surface area contributed by atoms with Gasteiger partial charge in [0.25, 0.3) is 0 Å². The zero-order valence-corrected chi connectivity index (χ0v) is 22.8. The number of Topliss-reactive ketones (excluding diaryl/α,β-unsaturated/α-hetero) is 2. The minimum absolute atomic E-state index is 0.0123. The topological polar surface area (TPSA) is 131 Å². The van der Waals surface area contributed by atoms with Crippen molar-refractivity contribution in [2.24, 2.45) is 0 Å². The first kappa shape index (κ1) is 26.2. The van der Waals surface area contributed by atoms with E-state index >= 15 is 0 Å². The molecule has 39 heavy (non-hydrogen) atoms. The number of ether oxygens (including phenoxy) is 1. The monoisotopic (exact) mass is 529 g/mol. The number of para-hydroxylation sites is 2. The molecular formula is C30H31N3O6. The lowest BCUT2D eigenvalue weighted by atomic mass is 9.70. The minimum Gasteiger partial charge on any atom is -0.507 e. The fourth-order valence-corrected chi connectivity index (χ4v) is 5.58. The largest absolute Gasteiger partial charge is 0.507 e. The molecule has 1 aromatic heterocycles. The second kappa shape index (κ2) is 9.11. The number of rotatable bonds is 6. The Balaban J connectivity index is 1.51. The van der Waals surface area contributed by atoms with Crippen LogP contribution in [0.1, 0.15) is 67.8 Å².